The molecule has 0 spiro atoms. The summed E-state index contributed by atoms with van der Waals surface area (Å²) in [4.78, 5) is 19.0. The summed E-state index contributed by atoms with van der Waals surface area (Å²) in [6.45, 7) is 0. The molecule has 7 heteroatoms. The van der Waals surface area contributed by atoms with Crippen LogP contribution >= 0.6 is 22.7 Å². The second-order valence-electron chi connectivity index (χ2n) is 2.41. The summed E-state index contributed by atoms with van der Waals surface area (Å²) in [6.07, 6.45) is 0. The number of carboxylic acid groups (broad SMARTS) is 1. The molecule has 0 aliphatic heterocycles. The Kier molecular flexibility index (Phi) is 2.18. The molecule has 0 amide bonds. The molecule has 0 radical (unpaired) electrons. The molecule has 0 fully saturated rings. The SMILES string of the molecule is Nc1nc(C(=O)O)c(-c2cscn2)s1. The molecule has 72 valence electrons. The maximum absolute atomic E-state index is 10.8. The van der Waals surface area contributed by atoms with E-state index in [1.807, 2.05) is 0 Å². The van der Waals surface area contributed by atoms with Gasteiger partial charge in [0.15, 0.2) is 10.8 Å². The predicted octanol–water partition coefficient (Wildman–Crippen LogP) is 1.55. The summed E-state index contributed by atoms with van der Waals surface area (Å²) in [5.74, 6) is -1.08. The van der Waals surface area contributed by atoms with Crippen LogP contribution in [0.1, 0.15) is 10.5 Å². The number of carboxylic acids is 1. The smallest absolute Gasteiger partial charge is 0.356 e. The molecule has 2 heterocycles. The maximum Gasteiger partial charge on any atom is 0.356 e. The standard InChI is InChI=1S/C7H5N3O2S2/c8-7-10-4(6(11)12)5(14-7)3-1-13-2-9-3/h1-2H,(H2,8,10)(H,11,12). The average molecular weight is 227 g/mol. The van der Waals surface area contributed by atoms with Crippen LogP contribution in [0.15, 0.2) is 10.9 Å². The Hall–Kier alpha value is -1.47. The number of anilines is 1. The van der Waals surface area contributed by atoms with Crippen molar-refractivity contribution < 1.29 is 9.90 Å². The number of nitrogens with zero attached hydrogens (tertiary/aromatic N) is 2. The normalized spacial score (nSPS) is 10.3. The molecule has 0 bridgehead atoms. The summed E-state index contributed by atoms with van der Waals surface area (Å²) in [5.41, 5.74) is 7.66. The lowest BCUT2D eigenvalue weighted by Gasteiger charge is -1.91. The van der Waals surface area contributed by atoms with Gasteiger partial charge in [-0.2, -0.15) is 0 Å². The zero-order valence-corrected chi connectivity index (χ0v) is 8.43. The topological polar surface area (TPSA) is 89.1 Å². The van der Waals surface area contributed by atoms with E-state index in [4.69, 9.17) is 10.8 Å². The highest BCUT2D eigenvalue weighted by Gasteiger charge is 2.18. The molecule has 2 aromatic heterocycles. The number of carbonyl (C=O) groups is 1. The summed E-state index contributed by atoms with van der Waals surface area (Å²) in [7, 11) is 0. The highest BCUT2D eigenvalue weighted by molar-refractivity contribution is 7.19. The van der Waals surface area contributed by atoms with Crippen molar-refractivity contribution in [3.05, 3.63) is 16.6 Å². The number of rotatable bonds is 2. The van der Waals surface area contributed by atoms with Crippen LogP contribution < -0.4 is 5.73 Å². The second kappa shape index (κ2) is 3.35. The van der Waals surface area contributed by atoms with Gasteiger partial charge >= 0.3 is 5.97 Å². The summed E-state index contributed by atoms with van der Waals surface area (Å²) in [5, 5.41) is 10.8. The zero-order chi connectivity index (χ0) is 10.1. The Balaban J connectivity index is 2.58. The van der Waals surface area contributed by atoms with E-state index in [0.717, 1.165) is 11.3 Å². The van der Waals surface area contributed by atoms with Crippen molar-refractivity contribution in [3.63, 3.8) is 0 Å². The van der Waals surface area contributed by atoms with Crippen molar-refractivity contribution in [2.45, 2.75) is 0 Å². The van der Waals surface area contributed by atoms with E-state index in [2.05, 4.69) is 9.97 Å². The van der Waals surface area contributed by atoms with Crippen LogP contribution in [0.4, 0.5) is 5.13 Å². The fourth-order valence-electron chi connectivity index (χ4n) is 0.980. The quantitative estimate of drug-likeness (QED) is 0.812. The van der Waals surface area contributed by atoms with Gasteiger partial charge in [0.2, 0.25) is 0 Å². The van der Waals surface area contributed by atoms with Gasteiger partial charge in [-0.05, 0) is 0 Å². The van der Waals surface area contributed by atoms with Crippen LogP contribution in [0.5, 0.6) is 0 Å². The monoisotopic (exact) mass is 227 g/mol. The fraction of sp³-hybridized carbons (Fsp3) is 0. The van der Waals surface area contributed by atoms with Crippen LogP contribution in [0.3, 0.4) is 0 Å². The van der Waals surface area contributed by atoms with E-state index in [1.165, 1.54) is 11.3 Å². The van der Waals surface area contributed by atoms with E-state index in [0.29, 0.717) is 10.6 Å². The molecule has 0 saturated heterocycles. The summed E-state index contributed by atoms with van der Waals surface area (Å²) < 4.78 is 0. The van der Waals surface area contributed by atoms with Crippen LogP contribution in [-0.4, -0.2) is 21.0 Å². The number of aromatic carboxylic acids is 1. The Morgan fingerprint density at radius 2 is 2.36 bits per heavy atom. The molecule has 0 atom stereocenters. The molecule has 2 aromatic rings. The fourth-order valence-corrected chi connectivity index (χ4v) is 2.39. The first kappa shape index (κ1) is 9.10. The number of nitrogens with two attached hydrogens (primary N) is 1. The minimum atomic E-state index is -1.08. The molecule has 0 aliphatic rings. The maximum atomic E-state index is 10.8. The number of hydrogen-bond acceptors (Lipinski definition) is 6. The lowest BCUT2D eigenvalue weighted by molar-refractivity contribution is 0.0692. The van der Waals surface area contributed by atoms with Crippen molar-refractivity contribution in [3.8, 4) is 10.6 Å². The molecule has 14 heavy (non-hydrogen) atoms. The van der Waals surface area contributed by atoms with Crippen LogP contribution in [-0.2, 0) is 0 Å². The minimum absolute atomic E-state index is 0.0293. The molecule has 2 rings (SSSR count). The Morgan fingerprint density at radius 1 is 1.57 bits per heavy atom. The third kappa shape index (κ3) is 1.47. The van der Waals surface area contributed by atoms with Crippen LogP contribution in [0, 0.1) is 0 Å². The third-order valence-corrected chi connectivity index (χ3v) is 3.00. The molecular weight excluding hydrogens is 222 g/mol. The van der Waals surface area contributed by atoms with Crippen LogP contribution in [0.2, 0.25) is 0 Å². The van der Waals surface area contributed by atoms with Gasteiger partial charge in [-0.25, -0.2) is 14.8 Å². The van der Waals surface area contributed by atoms with E-state index >= 15 is 0 Å². The minimum Gasteiger partial charge on any atom is -0.476 e. The van der Waals surface area contributed by atoms with Gasteiger partial charge in [0, 0.05) is 5.38 Å². The molecular formula is C7H5N3O2S2. The average Bonchev–Trinajstić information content (AvgIpc) is 2.70. The zero-order valence-electron chi connectivity index (χ0n) is 6.80. The number of aromatic nitrogens is 2. The predicted molar refractivity (Wildman–Crippen MR) is 54.6 cm³/mol. The molecule has 3 N–H and O–H groups in total. The van der Waals surface area contributed by atoms with E-state index in [-0.39, 0.29) is 10.8 Å². The molecule has 0 saturated carbocycles. The number of nitrogen functional groups attached to an aromatic ring is 1. The highest BCUT2D eigenvalue weighted by atomic mass is 32.1. The van der Waals surface area contributed by atoms with Crippen molar-refractivity contribution in [2.75, 3.05) is 5.73 Å². The van der Waals surface area contributed by atoms with Crippen LogP contribution in [0.25, 0.3) is 10.6 Å². The van der Waals surface area contributed by atoms with Crippen molar-refractivity contribution >= 4 is 33.8 Å². The van der Waals surface area contributed by atoms with Gasteiger partial charge in [0.05, 0.1) is 16.1 Å². The summed E-state index contributed by atoms with van der Waals surface area (Å²) in [6, 6.07) is 0. The van der Waals surface area contributed by atoms with Gasteiger partial charge in [-0.1, -0.05) is 11.3 Å². The second-order valence-corrected chi connectivity index (χ2v) is 4.16. The first-order chi connectivity index (χ1) is 6.68. The first-order valence-electron chi connectivity index (χ1n) is 3.56. The Morgan fingerprint density at radius 3 is 2.93 bits per heavy atom. The van der Waals surface area contributed by atoms with Gasteiger partial charge in [-0.15, -0.1) is 11.3 Å². The van der Waals surface area contributed by atoms with Crippen molar-refractivity contribution in [2.24, 2.45) is 0 Å². The Bertz CT molecular complexity index is 463. The highest BCUT2D eigenvalue weighted by Crippen LogP contribution is 2.31. The molecule has 0 aromatic carbocycles. The van der Waals surface area contributed by atoms with E-state index < -0.39 is 5.97 Å². The van der Waals surface area contributed by atoms with Crippen molar-refractivity contribution in [1.29, 1.82) is 0 Å². The molecule has 0 unspecified atom stereocenters. The number of thiazole rings is 2. The largest absolute Gasteiger partial charge is 0.476 e. The first-order valence-corrected chi connectivity index (χ1v) is 5.32. The van der Waals surface area contributed by atoms with E-state index in [9.17, 15) is 4.79 Å². The third-order valence-electron chi connectivity index (χ3n) is 1.51. The Labute approximate surface area is 86.9 Å². The van der Waals surface area contributed by atoms with Gasteiger partial charge in [0.1, 0.15) is 0 Å². The van der Waals surface area contributed by atoms with Gasteiger partial charge in [0.25, 0.3) is 0 Å². The molecule has 5 nitrogen and oxygen atoms in total. The van der Waals surface area contributed by atoms with Gasteiger partial charge < -0.3 is 10.8 Å². The lowest BCUT2D eigenvalue weighted by Crippen LogP contribution is -1.99. The van der Waals surface area contributed by atoms with E-state index in [1.54, 1.807) is 10.9 Å². The summed E-state index contributed by atoms with van der Waals surface area (Å²) >= 11 is 2.53. The molecule has 0 aliphatic carbocycles. The number of hydrogen-bond donors (Lipinski definition) is 2. The van der Waals surface area contributed by atoms with Crippen molar-refractivity contribution in [1.82, 2.24) is 9.97 Å². The lowest BCUT2D eigenvalue weighted by atomic mass is 10.3. The van der Waals surface area contributed by atoms with Gasteiger partial charge in [-0.3, -0.25) is 0 Å².